The second-order valence-corrected chi connectivity index (χ2v) is 4.31. The van der Waals surface area contributed by atoms with Crippen LogP contribution in [0, 0.1) is 0 Å². The lowest BCUT2D eigenvalue weighted by molar-refractivity contribution is -0.109. The van der Waals surface area contributed by atoms with Gasteiger partial charge in [0.2, 0.25) is 0 Å². The summed E-state index contributed by atoms with van der Waals surface area (Å²) in [4.78, 5) is 10.1. The molecule has 0 aliphatic heterocycles. The van der Waals surface area contributed by atoms with Gasteiger partial charge in [0.1, 0.15) is 6.29 Å². The lowest BCUT2D eigenvalue weighted by atomic mass is 10.1. The molecule has 2 nitrogen and oxygen atoms in total. The molecule has 94 valence electrons. The van der Waals surface area contributed by atoms with Crippen molar-refractivity contribution in [2.45, 2.75) is 70.8 Å². The number of hydrogen-bond acceptors (Lipinski definition) is 2. The van der Waals surface area contributed by atoms with Crippen LogP contribution < -0.4 is 0 Å². The van der Waals surface area contributed by atoms with E-state index in [1.165, 1.54) is 32.1 Å². The fourth-order valence-electron chi connectivity index (χ4n) is 1.63. The van der Waals surface area contributed by atoms with Crippen LogP contribution in [0.2, 0.25) is 0 Å². The molecule has 1 N–H and O–H groups in total. The Labute approximate surface area is 99.7 Å². The maximum Gasteiger partial charge on any atom is 0.122 e. The van der Waals surface area contributed by atoms with E-state index in [2.05, 4.69) is 19.1 Å². The average Bonchev–Trinajstić information content (AvgIpc) is 2.27. The smallest absolute Gasteiger partial charge is 0.122 e. The van der Waals surface area contributed by atoms with Gasteiger partial charge in [-0.25, -0.2) is 0 Å². The predicted octanol–water partition coefficient (Wildman–Crippen LogP) is 3.63. The Balaban J connectivity index is 3.12. The van der Waals surface area contributed by atoms with Crippen molar-refractivity contribution in [3.8, 4) is 0 Å². The summed E-state index contributed by atoms with van der Waals surface area (Å²) in [6.45, 7) is 2.19. The third kappa shape index (κ3) is 11.4. The molecule has 0 saturated heterocycles. The molecule has 0 heterocycles. The van der Waals surface area contributed by atoms with Crippen molar-refractivity contribution in [1.82, 2.24) is 0 Å². The minimum atomic E-state index is -0.415. The summed E-state index contributed by atoms with van der Waals surface area (Å²) in [6, 6.07) is 0. The highest BCUT2D eigenvalue weighted by Crippen LogP contribution is 2.09. The molecular weight excluding hydrogens is 200 g/mol. The van der Waals surface area contributed by atoms with Crippen molar-refractivity contribution in [3.05, 3.63) is 12.2 Å². The molecule has 0 saturated carbocycles. The molecule has 1 atom stereocenters. The van der Waals surface area contributed by atoms with Crippen LogP contribution >= 0.6 is 0 Å². The Morgan fingerprint density at radius 3 is 2.44 bits per heavy atom. The quantitative estimate of drug-likeness (QED) is 0.332. The number of rotatable bonds is 11. The highest BCUT2D eigenvalue weighted by molar-refractivity contribution is 5.49. The van der Waals surface area contributed by atoms with Gasteiger partial charge in [-0.05, 0) is 25.7 Å². The van der Waals surface area contributed by atoms with Gasteiger partial charge in [-0.2, -0.15) is 0 Å². The summed E-state index contributed by atoms with van der Waals surface area (Å²) in [5, 5.41) is 9.31. The van der Waals surface area contributed by atoms with Gasteiger partial charge in [0.15, 0.2) is 0 Å². The maximum absolute atomic E-state index is 10.1. The first-order chi connectivity index (χ1) is 7.81. The zero-order chi connectivity index (χ0) is 12.1. The van der Waals surface area contributed by atoms with Crippen LogP contribution in [0.25, 0.3) is 0 Å². The zero-order valence-corrected chi connectivity index (χ0v) is 10.5. The second-order valence-electron chi connectivity index (χ2n) is 4.31. The normalized spacial score (nSPS) is 13.1. The number of hydrogen-bond donors (Lipinski definition) is 1. The monoisotopic (exact) mass is 226 g/mol. The SMILES string of the molecule is CCCC=CCCCCCCC(O)CC=O. The highest BCUT2D eigenvalue weighted by Gasteiger charge is 2.01. The molecule has 0 rings (SSSR count). The summed E-state index contributed by atoms with van der Waals surface area (Å²) in [7, 11) is 0. The molecule has 0 aliphatic carbocycles. The maximum atomic E-state index is 10.1. The fraction of sp³-hybridized carbons (Fsp3) is 0.786. The van der Waals surface area contributed by atoms with Crippen molar-refractivity contribution in [2.75, 3.05) is 0 Å². The first-order valence-corrected chi connectivity index (χ1v) is 6.58. The van der Waals surface area contributed by atoms with E-state index in [9.17, 15) is 9.90 Å². The number of carbonyl (C=O) groups is 1. The van der Waals surface area contributed by atoms with Crippen LogP contribution in [-0.4, -0.2) is 17.5 Å². The predicted molar refractivity (Wildman–Crippen MR) is 68.4 cm³/mol. The van der Waals surface area contributed by atoms with Crippen molar-refractivity contribution >= 4 is 6.29 Å². The number of unbranched alkanes of at least 4 members (excludes halogenated alkanes) is 5. The van der Waals surface area contributed by atoms with Crippen LogP contribution in [0.3, 0.4) is 0 Å². The summed E-state index contributed by atoms with van der Waals surface area (Å²) < 4.78 is 0. The Morgan fingerprint density at radius 1 is 1.06 bits per heavy atom. The molecule has 0 amide bonds. The largest absolute Gasteiger partial charge is 0.393 e. The van der Waals surface area contributed by atoms with Gasteiger partial charge in [-0.1, -0.05) is 44.8 Å². The number of aliphatic hydroxyl groups excluding tert-OH is 1. The van der Waals surface area contributed by atoms with Gasteiger partial charge in [0.25, 0.3) is 0 Å². The molecule has 1 unspecified atom stereocenters. The van der Waals surface area contributed by atoms with Crippen LogP contribution in [-0.2, 0) is 4.79 Å². The van der Waals surface area contributed by atoms with E-state index >= 15 is 0 Å². The molecule has 0 bridgehead atoms. The Morgan fingerprint density at radius 2 is 1.75 bits per heavy atom. The molecule has 0 aromatic carbocycles. The average molecular weight is 226 g/mol. The van der Waals surface area contributed by atoms with Gasteiger partial charge in [0.05, 0.1) is 6.10 Å². The summed E-state index contributed by atoms with van der Waals surface area (Å²) in [6.07, 6.45) is 14.2. The molecular formula is C14H26O2. The van der Waals surface area contributed by atoms with Crippen molar-refractivity contribution in [2.24, 2.45) is 0 Å². The molecule has 0 spiro atoms. The Kier molecular flexibility index (Phi) is 11.9. The number of aldehydes is 1. The van der Waals surface area contributed by atoms with Gasteiger partial charge in [0, 0.05) is 6.42 Å². The highest BCUT2D eigenvalue weighted by atomic mass is 16.3. The van der Waals surface area contributed by atoms with E-state index in [1.807, 2.05) is 0 Å². The third-order valence-corrected chi connectivity index (χ3v) is 2.65. The number of carbonyl (C=O) groups excluding carboxylic acids is 1. The summed E-state index contributed by atoms with van der Waals surface area (Å²) >= 11 is 0. The summed E-state index contributed by atoms with van der Waals surface area (Å²) in [5.74, 6) is 0. The standard InChI is InChI=1S/C14H26O2/c1-2-3-4-5-6-7-8-9-10-11-14(16)12-13-15/h4-5,13-14,16H,2-3,6-12H2,1H3. The Bertz CT molecular complexity index is 176. The van der Waals surface area contributed by atoms with Crippen molar-refractivity contribution in [3.63, 3.8) is 0 Å². The zero-order valence-electron chi connectivity index (χ0n) is 10.5. The molecule has 0 aromatic rings. The van der Waals surface area contributed by atoms with Gasteiger partial charge in [-0.3, -0.25) is 0 Å². The van der Waals surface area contributed by atoms with Crippen LogP contribution in [0.1, 0.15) is 64.7 Å². The number of aliphatic hydroxyl groups is 1. The van der Waals surface area contributed by atoms with Crippen LogP contribution in [0.5, 0.6) is 0 Å². The van der Waals surface area contributed by atoms with E-state index in [4.69, 9.17) is 0 Å². The van der Waals surface area contributed by atoms with Crippen molar-refractivity contribution in [1.29, 1.82) is 0 Å². The molecule has 16 heavy (non-hydrogen) atoms. The van der Waals surface area contributed by atoms with Crippen LogP contribution in [0.4, 0.5) is 0 Å². The molecule has 2 heteroatoms. The lowest BCUT2D eigenvalue weighted by Gasteiger charge is -2.05. The molecule has 0 fully saturated rings. The Hall–Kier alpha value is -0.630. The first-order valence-electron chi connectivity index (χ1n) is 6.58. The van der Waals surface area contributed by atoms with E-state index in [0.29, 0.717) is 6.42 Å². The minimum absolute atomic E-state index is 0.291. The number of allylic oxidation sites excluding steroid dienone is 2. The molecule has 0 aliphatic rings. The fourth-order valence-corrected chi connectivity index (χ4v) is 1.63. The van der Waals surface area contributed by atoms with E-state index < -0.39 is 6.10 Å². The summed E-state index contributed by atoms with van der Waals surface area (Å²) in [5.41, 5.74) is 0. The van der Waals surface area contributed by atoms with Crippen LogP contribution in [0.15, 0.2) is 12.2 Å². The van der Waals surface area contributed by atoms with Gasteiger partial charge in [-0.15, -0.1) is 0 Å². The topological polar surface area (TPSA) is 37.3 Å². The lowest BCUT2D eigenvalue weighted by Crippen LogP contribution is -2.06. The third-order valence-electron chi connectivity index (χ3n) is 2.65. The molecule has 0 aromatic heterocycles. The van der Waals surface area contributed by atoms with Gasteiger partial charge >= 0.3 is 0 Å². The van der Waals surface area contributed by atoms with Gasteiger partial charge < -0.3 is 9.90 Å². The van der Waals surface area contributed by atoms with E-state index in [1.54, 1.807) is 0 Å². The van der Waals surface area contributed by atoms with E-state index in [0.717, 1.165) is 25.5 Å². The first kappa shape index (κ1) is 15.4. The second kappa shape index (κ2) is 12.4. The minimum Gasteiger partial charge on any atom is -0.393 e. The molecule has 0 radical (unpaired) electrons. The van der Waals surface area contributed by atoms with E-state index in [-0.39, 0.29) is 0 Å². The van der Waals surface area contributed by atoms with Crippen molar-refractivity contribution < 1.29 is 9.90 Å².